The first-order chi connectivity index (χ1) is 10.7. The smallest absolute Gasteiger partial charge is 0.330 e. The van der Waals surface area contributed by atoms with E-state index in [0.717, 1.165) is 19.3 Å². The highest BCUT2D eigenvalue weighted by molar-refractivity contribution is 5.81. The third-order valence-corrected chi connectivity index (χ3v) is 4.21. The first-order valence-electron chi connectivity index (χ1n) is 9.57. The van der Waals surface area contributed by atoms with Crippen LogP contribution in [0.1, 0.15) is 104 Å². The van der Waals surface area contributed by atoms with Crippen molar-refractivity contribution in [2.45, 2.75) is 110 Å². The molecular weight excluding hydrogens is 272 g/mol. The van der Waals surface area contributed by atoms with Crippen LogP contribution < -0.4 is 0 Å². The van der Waals surface area contributed by atoms with Crippen LogP contribution in [0.4, 0.5) is 0 Å². The van der Waals surface area contributed by atoms with Gasteiger partial charge in [-0.25, -0.2) is 4.79 Å². The molecule has 0 aromatic carbocycles. The lowest BCUT2D eigenvalue weighted by atomic mass is 10.0. The van der Waals surface area contributed by atoms with E-state index in [1.165, 1.54) is 76.7 Å². The number of ether oxygens (including phenoxy) is 1. The lowest BCUT2D eigenvalue weighted by Crippen LogP contribution is -2.16. The van der Waals surface area contributed by atoms with Crippen LogP contribution in [0.2, 0.25) is 0 Å². The van der Waals surface area contributed by atoms with Gasteiger partial charge in [0.2, 0.25) is 0 Å². The zero-order valence-electron chi connectivity index (χ0n) is 15.1. The number of carbonyl (C=O) groups is 1. The molecule has 0 aliphatic heterocycles. The Morgan fingerprint density at radius 1 is 0.818 bits per heavy atom. The van der Waals surface area contributed by atoms with Gasteiger partial charge in [-0.3, -0.25) is 0 Å². The Balaban J connectivity index is 3.64. The molecule has 0 saturated carbocycles. The molecule has 0 heterocycles. The molecule has 0 rings (SSSR count). The topological polar surface area (TPSA) is 26.3 Å². The van der Waals surface area contributed by atoms with Gasteiger partial charge in [0, 0.05) is 6.08 Å². The Kier molecular flexibility index (Phi) is 16.0. The largest absolute Gasteiger partial charge is 0.459 e. The fraction of sp³-hybridized carbons (Fsp3) is 0.850. The fourth-order valence-electron chi connectivity index (χ4n) is 2.78. The van der Waals surface area contributed by atoms with Crippen molar-refractivity contribution < 1.29 is 9.53 Å². The Hall–Kier alpha value is -0.790. The second-order valence-corrected chi connectivity index (χ2v) is 6.38. The molecule has 0 aliphatic rings. The number of carbonyl (C=O) groups excluding carboxylic acids is 1. The SMILES string of the molecule is C=CC(=O)OC(CCCCC)CCCCCCCCCCC. The third kappa shape index (κ3) is 14.2. The quantitative estimate of drug-likeness (QED) is 0.183. The summed E-state index contributed by atoms with van der Waals surface area (Å²) in [6.45, 7) is 7.95. The molecule has 0 aromatic heterocycles. The average molecular weight is 311 g/mol. The van der Waals surface area contributed by atoms with Crippen LogP contribution in [0.15, 0.2) is 12.7 Å². The molecule has 1 unspecified atom stereocenters. The fourth-order valence-corrected chi connectivity index (χ4v) is 2.78. The van der Waals surface area contributed by atoms with Crippen molar-refractivity contribution in [1.29, 1.82) is 0 Å². The molecule has 0 saturated heterocycles. The maximum Gasteiger partial charge on any atom is 0.330 e. The number of rotatable bonds is 16. The molecule has 130 valence electrons. The zero-order valence-corrected chi connectivity index (χ0v) is 15.1. The Labute approximate surface area is 138 Å². The second-order valence-electron chi connectivity index (χ2n) is 6.38. The molecule has 0 amide bonds. The number of hydrogen-bond acceptors (Lipinski definition) is 2. The van der Waals surface area contributed by atoms with Gasteiger partial charge < -0.3 is 4.74 Å². The molecular formula is C20H38O2. The first-order valence-corrected chi connectivity index (χ1v) is 9.57. The van der Waals surface area contributed by atoms with Gasteiger partial charge in [0.05, 0.1) is 0 Å². The number of unbranched alkanes of at least 4 members (excludes halogenated alkanes) is 10. The van der Waals surface area contributed by atoms with Gasteiger partial charge in [-0.05, 0) is 25.7 Å². The minimum atomic E-state index is -0.266. The zero-order chi connectivity index (χ0) is 16.5. The molecule has 0 spiro atoms. The van der Waals surface area contributed by atoms with Crippen molar-refractivity contribution in [3.8, 4) is 0 Å². The minimum Gasteiger partial charge on any atom is -0.459 e. The van der Waals surface area contributed by atoms with E-state index in [-0.39, 0.29) is 12.1 Å². The van der Waals surface area contributed by atoms with Crippen molar-refractivity contribution >= 4 is 5.97 Å². The Morgan fingerprint density at radius 2 is 1.23 bits per heavy atom. The summed E-state index contributed by atoms with van der Waals surface area (Å²) in [5.74, 6) is -0.266. The van der Waals surface area contributed by atoms with Crippen LogP contribution >= 0.6 is 0 Å². The van der Waals surface area contributed by atoms with E-state index in [4.69, 9.17) is 4.74 Å². The van der Waals surface area contributed by atoms with Gasteiger partial charge >= 0.3 is 5.97 Å². The summed E-state index contributed by atoms with van der Waals surface area (Å²) >= 11 is 0. The van der Waals surface area contributed by atoms with Crippen molar-refractivity contribution in [1.82, 2.24) is 0 Å². The predicted octanol–water partition coefficient (Wildman–Crippen LogP) is 6.59. The summed E-state index contributed by atoms with van der Waals surface area (Å²) in [4.78, 5) is 11.4. The second kappa shape index (κ2) is 16.6. The molecule has 0 bridgehead atoms. The highest BCUT2D eigenvalue weighted by Gasteiger charge is 2.11. The van der Waals surface area contributed by atoms with Crippen LogP contribution in [0.5, 0.6) is 0 Å². The Morgan fingerprint density at radius 3 is 1.73 bits per heavy atom. The van der Waals surface area contributed by atoms with Gasteiger partial charge in [-0.1, -0.05) is 84.6 Å². The van der Waals surface area contributed by atoms with Gasteiger partial charge in [0.25, 0.3) is 0 Å². The Bertz CT molecular complexity index is 260. The van der Waals surface area contributed by atoms with E-state index in [9.17, 15) is 4.79 Å². The summed E-state index contributed by atoms with van der Waals surface area (Å²) in [7, 11) is 0. The number of esters is 1. The third-order valence-electron chi connectivity index (χ3n) is 4.21. The monoisotopic (exact) mass is 310 g/mol. The van der Waals surface area contributed by atoms with E-state index in [2.05, 4.69) is 20.4 Å². The van der Waals surface area contributed by atoms with E-state index in [0.29, 0.717) is 0 Å². The van der Waals surface area contributed by atoms with Crippen molar-refractivity contribution in [2.75, 3.05) is 0 Å². The summed E-state index contributed by atoms with van der Waals surface area (Å²) in [6.07, 6.45) is 19.0. The molecule has 2 heteroatoms. The molecule has 1 atom stereocenters. The van der Waals surface area contributed by atoms with E-state index in [1.54, 1.807) is 0 Å². The first kappa shape index (κ1) is 21.2. The van der Waals surface area contributed by atoms with E-state index in [1.807, 2.05) is 0 Å². The van der Waals surface area contributed by atoms with Gasteiger partial charge in [-0.2, -0.15) is 0 Å². The predicted molar refractivity (Wildman–Crippen MR) is 96.1 cm³/mol. The summed E-state index contributed by atoms with van der Waals surface area (Å²) in [5.41, 5.74) is 0. The van der Waals surface area contributed by atoms with Crippen LogP contribution in [-0.2, 0) is 9.53 Å². The normalized spacial score (nSPS) is 12.1. The van der Waals surface area contributed by atoms with Gasteiger partial charge in [-0.15, -0.1) is 0 Å². The maximum atomic E-state index is 11.4. The molecule has 0 aliphatic carbocycles. The van der Waals surface area contributed by atoms with Crippen LogP contribution in [-0.4, -0.2) is 12.1 Å². The molecule has 2 nitrogen and oxygen atoms in total. The lowest BCUT2D eigenvalue weighted by molar-refractivity contribution is -0.143. The van der Waals surface area contributed by atoms with Crippen molar-refractivity contribution in [3.05, 3.63) is 12.7 Å². The van der Waals surface area contributed by atoms with Crippen molar-refractivity contribution in [3.63, 3.8) is 0 Å². The van der Waals surface area contributed by atoms with Crippen molar-refractivity contribution in [2.24, 2.45) is 0 Å². The van der Waals surface area contributed by atoms with Crippen LogP contribution in [0, 0.1) is 0 Å². The van der Waals surface area contributed by atoms with Gasteiger partial charge in [0.1, 0.15) is 6.10 Å². The summed E-state index contributed by atoms with van der Waals surface area (Å²) < 4.78 is 5.46. The van der Waals surface area contributed by atoms with Gasteiger partial charge in [0.15, 0.2) is 0 Å². The summed E-state index contributed by atoms with van der Waals surface area (Å²) in [5, 5.41) is 0. The number of hydrogen-bond donors (Lipinski definition) is 0. The van der Waals surface area contributed by atoms with Crippen LogP contribution in [0.3, 0.4) is 0 Å². The molecule has 0 N–H and O–H groups in total. The molecule has 0 aromatic rings. The maximum absolute atomic E-state index is 11.4. The average Bonchev–Trinajstić information content (AvgIpc) is 2.53. The van der Waals surface area contributed by atoms with Crippen LogP contribution in [0.25, 0.3) is 0 Å². The molecule has 22 heavy (non-hydrogen) atoms. The highest BCUT2D eigenvalue weighted by atomic mass is 16.5. The minimum absolute atomic E-state index is 0.0987. The summed E-state index contributed by atoms with van der Waals surface area (Å²) in [6, 6.07) is 0. The lowest BCUT2D eigenvalue weighted by Gasteiger charge is -2.17. The molecule has 0 fully saturated rings. The van der Waals surface area contributed by atoms with E-state index < -0.39 is 0 Å². The highest BCUT2D eigenvalue weighted by Crippen LogP contribution is 2.16. The van der Waals surface area contributed by atoms with E-state index >= 15 is 0 Å². The molecule has 0 radical (unpaired) electrons. The standard InChI is InChI=1S/C20H38O2/c1-4-7-9-10-11-12-13-14-16-18-19(17-15-8-5-2)22-20(21)6-3/h6,19H,3-5,7-18H2,1-2H3.